The van der Waals surface area contributed by atoms with Crippen LogP contribution in [0.4, 0.5) is 0 Å². The van der Waals surface area contributed by atoms with Gasteiger partial charge in [-0.2, -0.15) is 17.4 Å². The van der Waals surface area contributed by atoms with Gasteiger partial charge in [0.05, 0.1) is 5.60 Å². The first-order chi connectivity index (χ1) is 8.52. The van der Waals surface area contributed by atoms with Crippen LogP contribution in [0.25, 0.3) is 0 Å². The first kappa shape index (κ1) is 14.2. The van der Waals surface area contributed by atoms with E-state index in [9.17, 15) is 13.5 Å². The summed E-state index contributed by atoms with van der Waals surface area (Å²) in [6.45, 7) is 1.37. The average molecular weight is 276 g/mol. The Hall–Kier alpha value is -0.170. The van der Waals surface area contributed by atoms with E-state index in [1.807, 2.05) is 0 Å². The first-order valence-corrected chi connectivity index (χ1v) is 8.43. The van der Waals surface area contributed by atoms with Crippen molar-refractivity contribution in [1.29, 1.82) is 0 Å². The van der Waals surface area contributed by atoms with Gasteiger partial charge in [-0.25, -0.2) is 0 Å². The summed E-state index contributed by atoms with van der Waals surface area (Å²) in [6.07, 6.45) is 7.50. The molecule has 1 saturated carbocycles. The molecule has 106 valence electrons. The van der Waals surface area contributed by atoms with Gasteiger partial charge in [0.1, 0.15) is 0 Å². The van der Waals surface area contributed by atoms with Gasteiger partial charge in [-0.15, -0.1) is 0 Å². The van der Waals surface area contributed by atoms with Gasteiger partial charge in [0.15, 0.2) is 0 Å². The molecule has 0 amide bonds. The lowest BCUT2D eigenvalue weighted by molar-refractivity contribution is 0.00910. The van der Waals surface area contributed by atoms with E-state index in [2.05, 4.69) is 4.72 Å². The van der Waals surface area contributed by atoms with Crippen LogP contribution in [-0.4, -0.2) is 43.1 Å². The van der Waals surface area contributed by atoms with Crippen molar-refractivity contribution in [2.24, 2.45) is 0 Å². The normalized spacial score (nSPS) is 26.1. The standard InChI is InChI=1S/C12H24N2O3S/c15-12(7-3-1-4-8-12)11-13-18(16,17)14-9-5-2-6-10-14/h13,15H,1-11H2. The molecule has 2 fully saturated rings. The zero-order valence-electron chi connectivity index (χ0n) is 10.9. The highest BCUT2D eigenvalue weighted by molar-refractivity contribution is 7.87. The summed E-state index contributed by atoms with van der Waals surface area (Å²) in [6, 6.07) is 0. The van der Waals surface area contributed by atoms with Crippen LogP contribution in [0.3, 0.4) is 0 Å². The van der Waals surface area contributed by atoms with Crippen LogP contribution in [0.1, 0.15) is 51.4 Å². The fourth-order valence-electron chi connectivity index (χ4n) is 2.81. The van der Waals surface area contributed by atoms with Gasteiger partial charge in [0.25, 0.3) is 10.2 Å². The molecule has 0 aromatic rings. The summed E-state index contributed by atoms with van der Waals surface area (Å²) in [5, 5.41) is 10.3. The fourth-order valence-corrected chi connectivity index (χ4v) is 4.18. The monoisotopic (exact) mass is 276 g/mol. The van der Waals surface area contributed by atoms with Crippen molar-refractivity contribution >= 4 is 10.2 Å². The minimum atomic E-state index is -3.40. The minimum Gasteiger partial charge on any atom is -0.389 e. The highest BCUT2D eigenvalue weighted by Crippen LogP contribution is 2.27. The van der Waals surface area contributed by atoms with Crippen LogP contribution in [0.2, 0.25) is 0 Å². The Bertz CT molecular complexity index is 358. The van der Waals surface area contributed by atoms with Gasteiger partial charge in [-0.05, 0) is 25.7 Å². The number of piperidine rings is 1. The van der Waals surface area contributed by atoms with Gasteiger partial charge < -0.3 is 5.11 Å². The van der Waals surface area contributed by atoms with Crippen molar-refractivity contribution in [1.82, 2.24) is 9.03 Å². The molecule has 1 aliphatic carbocycles. The quantitative estimate of drug-likeness (QED) is 0.805. The van der Waals surface area contributed by atoms with Crippen LogP contribution in [0, 0.1) is 0 Å². The summed E-state index contributed by atoms with van der Waals surface area (Å²) in [4.78, 5) is 0. The van der Waals surface area contributed by atoms with Gasteiger partial charge in [0, 0.05) is 19.6 Å². The maximum absolute atomic E-state index is 12.1. The van der Waals surface area contributed by atoms with Gasteiger partial charge in [-0.1, -0.05) is 25.7 Å². The predicted molar refractivity (Wildman–Crippen MR) is 70.4 cm³/mol. The second kappa shape index (κ2) is 5.86. The van der Waals surface area contributed by atoms with Crippen molar-refractivity contribution in [2.75, 3.05) is 19.6 Å². The number of nitrogens with one attached hydrogen (secondary N) is 1. The lowest BCUT2D eigenvalue weighted by atomic mass is 9.85. The van der Waals surface area contributed by atoms with Crippen LogP contribution in [-0.2, 0) is 10.2 Å². The molecule has 0 unspecified atom stereocenters. The molecule has 0 atom stereocenters. The molecule has 0 aromatic carbocycles. The molecule has 18 heavy (non-hydrogen) atoms. The second-order valence-electron chi connectivity index (χ2n) is 5.57. The number of rotatable bonds is 4. The summed E-state index contributed by atoms with van der Waals surface area (Å²) >= 11 is 0. The second-order valence-corrected chi connectivity index (χ2v) is 7.33. The Kier molecular flexibility index (Phi) is 4.64. The van der Waals surface area contributed by atoms with Crippen LogP contribution >= 0.6 is 0 Å². The summed E-state index contributed by atoms with van der Waals surface area (Å²) in [5.74, 6) is 0. The van der Waals surface area contributed by atoms with Crippen LogP contribution in [0.5, 0.6) is 0 Å². The molecule has 2 N–H and O–H groups in total. The topological polar surface area (TPSA) is 69.6 Å². The Morgan fingerprint density at radius 2 is 1.56 bits per heavy atom. The molecule has 5 nitrogen and oxygen atoms in total. The molecule has 1 heterocycles. The summed E-state index contributed by atoms with van der Waals surface area (Å²) < 4.78 is 28.2. The molecule has 1 aliphatic heterocycles. The minimum absolute atomic E-state index is 0.159. The van der Waals surface area contributed by atoms with E-state index in [4.69, 9.17) is 0 Å². The molecule has 0 radical (unpaired) electrons. The molecule has 2 aliphatic rings. The fraction of sp³-hybridized carbons (Fsp3) is 1.00. The molecule has 1 saturated heterocycles. The van der Waals surface area contributed by atoms with E-state index in [-0.39, 0.29) is 6.54 Å². The van der Waals surface area contributed by atoms with Gasteiger partial charge >= 0.3 is 0 Å². The van der Waals surface area contributed by atoms with E-state index in [1.165, 1.54) is 4.31 Å². The van der Waals surface area contributed by atoms with Gasteiger partial charge in [0.2, 0.25) is 0 Å². The largest absolute Gasteiger partial charge is 0.389 e. The summed E-state index contributed by atoms with van der Waals surface area (Å²) in [7, 11) is -3.40. The van der Waals surface area contributed by atoms with Crippen molar-refractivity contribution in [3.8, 4) is 0 Å². The predicted octanol–water partition coefficient (Wildman–Crippen LogP) is 1.00. The molecule has 0 aromatic heterocycles. The van der Waals surface area contributed by atoms with E-state index in [0.717, 1.165) is 38.5 Å². The van der Waals surface area contributed by atoms with Crippen molar-refractivity contribution in [3.63, 3.8) is 0 Å². The van der Waals surface area contributed by atoms with Crippen molar-refractivity contribution in [3.05, 3.63) is 0 Å². The Morgan fingerprint density at radius 1 is 1.00 bits per heavy atom. The van der Waals surface area contributed by atoms with E-state index in [0.29, 0.717) is 25.9 Å². The van der Waals surface area contributed by atoms with E-state index < -0.39 is 15.8 Å². The Balaban J connectivity index is 1.87. The van der Waals surface area contributed by atoms with Crippen LogP contribution in [0.15, 0.2) is 0 Å². The molecule has 6 heteroatoms. The summed E-state index contributed by atoms with van der Waals surface area (Å²) in [5.41, 5.74) is -0.832. The SMILES string of the molecule is O=S(=O)(NCC1(O)CCCCC1)N1CCCCC1. The number of hydrogen-bond donors (Lipinski definition) is 2. The number of nitrogens with zero attached hydrogens (tertiary/aromatic N) is 1. The lowest BCUT2D eigenvalue weighted by Gasteiger charge is -2.33. The van der Waals surface area contributed by atoms with Crippen molar-refractivity contribution < 1.29 is 13.5 Å². The molecule has 0 spiro atoms. The third-order valence-corrected chi connectivity index (χ3v) is 5.58. The number of hydrogen-bond acceptors (Lipinski definition) is 3. The van der Waals surface area contributed by atoms with E-state index >= 15 is 0 Å². The van der Waals surface area contributed by atoms with E-state index in [1.54, 1.807) is 0 Å². The zero-order chi connectivity index (χ0) is 13.1. The maximum Gasteiger partial charge on any atom is 0.279 e. The average Bonchev–Trinajstić information content (AvgIpc) is 2.39. The Morgan fingerprint density at radius 3 is 2.17 bits per heavy atom. The molecule has 2 rings (SSSR count). The molecular weight excluding hydrogens is 252 g/mol. The maximum atomic E-state index is 12.1. The highest BCUT2D eigenvalue weighted by atomic mass is 32.2. The number of aliphatic hydroxyl groups is 1. The smallest absolute Gasteiger partial charge is 0.279 e. The van der Waals surface area contributed by atoms with Crippen LogP contribution < -0.4 is 4.72 Å². The Labute approximate surface area is 110 Å². The third kappa shape index (κ3) is 3.66. The van der Waals surface area contributed by atoms with Gasteiger partial charge in [-0.3, -0.25) is 0 Å². The van der Waals surface area contributed by atoms with Crippen molar-refractivity contribution in [2.45, 2.75) is 57.0 Å². The molecule has 0 bridgehead atoms. The lowest BCUT2D eigenvalue weighted by Crippen LogP contribution is -2.50. The molecular formula is C12H24N2O3S. The first-order valence-electron chi connectivity index (χ1n) is 6.99. The zero-order valence-corrected chi connectivity index (χ0v) is 11.7. The highest BCUT2D eigenvalue weighted by Gasteiger charge is 2.32. The third-order valence-electron chi connectivity index (χ3n) is 4.02.